The fraction of sp³-hybridized carbons (Fsp3) is 1.00. The van der Waals surface area contributed by atoms with E-state index in [2.05, 4.69) is 24.1 Å². The highest BCUT2D eigenvalue weighted by molar-refractivity contribution is 4.83. The first-order chi connectivity index (χ1) is 7.27. The third-order valence-electron chi connectivity index (χ3n) is 4.28. The van der Waals surface area contributed by atoms with Crippen LogP contribution in [0.2, 0.25) is 0 Å². The van der Waals surface area contributed by atoms with Gasteiger partial charge in [-0.05, 0) is 32.7 Å². The standard InChI is InChI=1S/C13H26N2/c1-11-9-14-10-12(2)15(11)8-7-13-5-3-4-6-13/h11-14H,3-10H2,1-2H3/t11-,12+. The lowest BCUT2D eigenvalue weighted by Crippen LogP contribution is -2.55. The smallest absolute Gasteiger partial charge is 0.0195 e. The monoisotopic (exact) mass is 210 g/mol. The third kappa shape index (κ3) is 2.94. The maximum Gasteiger partial charge on any atom is 0.0195 e. The summed E-state index contributed by atoms with van der Waals surface area (Å²) in [5.41, 5.74) is 0. The molecule has 88 valence electrons. The summed E-state index contributed by atoms with van der Waals surface area (Å²) < 4.78 is 0. The highest BCUT2D eigenvalue weighted by atomic mass is 15.2. The first-order valence-corrected chi connectivity index (χ1v) is 6.74. The van der Waals surface area contributed by atoms with Crippen LogP contribution in [0.1, 0.15) is 46.0 Å². The molecule has 1 saturated carbocycles. The third-order valence-corrected chi connectivity index (χ3v) is 4.28. The van der Waals surface area contributed by atoms with E-state index in [-0.39, 0.29) is 0 Å². The summed E-state index contributed by atoms with van der Waals surface area (Å²) in [4.78, 5) is 2.70. The van der Waals surface area contributed by atoms with E-state index >= 15 is 0 Å². The number of nitrogens with zero attached hydrogens (tertiary/aromatic N) is 1. The van der Waals surface area contributed by atoms with Gasteiger partial charge in [-0.1, -0.05) is 25.7 Å². The molecule has 0 aromatic heterocycles. The Labute approximate surface area is 94.4 Å². The summed E-state index contributed by atoms with van der Waals surface area (Å²) in [7, 11) is 0. The molecule has 15 heavy (non-hydrogen) atoms. The molecular formula is C13H26N2. The summed E-state index contributed by atoms with van der Waals surface area (Å²) in [6, 6.07) is 1.46. The van der Waals surface area contributed by atoms with E-state index in [4.69, 9.17) is 0 Å². The van der Waals surface area contributed by atoms with Crippen LogP contribution in [-0.2, 0) is 0 Å². The van der Waals surface area contributed by atoms with Gasteiger partial charge in [0.2, 0.25) is 0 Å². The maximum atomic E-state index is 3.50. The molecule has 1 saturated heterocycles. The van der Waals surface area contributed by atoms with Gasteiger partial charge in [0.15, 0.2) is 0 Å². The number of rotatable bonds is 3. The molecule has 2 nitrogen and oxygen atoms in total. The van der Waals surface area contributed by atoms with Crippen LogP contribution < -0.4 is 5.32 Å². The van der Waals surface area contributed by atoms with Crippen LogP contribution >= 0.6 is 0 Å². The van der Waals surface area contributed by atoms with Crippen LogP contribution in [-0.4, -0.2) is 36.6 Å². The van der Waals surface area contributed by atoms with Crippen LogP contribution in [0.4, 0.5) is 0 Å². The van der Waals surface area contributed by atoms with Crippen molar-refractivity contribution < 1.29 is 0 Å². The highest BCUT2D eigenvalue weighted by Crippen LogP contribution is 2.28. The van der Waals surface area contributed by atoms with Crippen molar-refractivity contribution in [3.8, 4) is 0 Å². The van der Waals surface area contributed by atoms with Crippen molar-refractivity contribution in [2.45, 2.75) is 58.0 Å². The van der Waals surface area contributed by atoms with Gasteiger partial charge < -0.3 is 5.32 Å². The summed E-state index contributed by atoms with van der Waals surface area (Å²) in [6.45, 7) is 8.40. The average Bonchev–Trinajstić information content (AvgIpc) is 2.70. The van der Waals surface area contributed by atoms with E-state index in [1.165, 1.54) is 51.7 Å². The van der Waals surface area contributed by atoms with E-state index in [9.17, 15) is 0 Å². The summed E-state index contributed by atoms with van der Waals surface area (Å²) in [6.07, 6.45) is 7.40. The minimum atomic E-state index is 0.732. The molecule has 1 aliphatic heterocycles. The van der Waals surface area contributed by atoms with Crippen molar-refractivity contribution in [3.63, 3.8) is 0 Å². The molecule has 0 bridgehead atoms. The molecule has 0 spiro atoms. The van der Waals surface area contributed by atoms with Gasteiger partial charge in [0.1, 0.15) is 0 Å². The Bertz CT molecular complexity index is 177. The normalized spacial score (nSPS) is 34.8. The van der Waals surface area contributed by atoms with E-state index in [0.29, 0.717) is 0 Å². The van der Waals surface area contributed by atoms with E-state index < -0.39 is 0 Å². The predicted molar refractivity (Wildman–Crippen MR) is 65.1 cm³/mol. The Kier molecular flexibility index (Phi) is 4.04. The maximum absolute atomic E-state index is 3.50. The molecule has 0 amide bonds. The van der Waals surface area contributed by atoms with Gasteiger partial charge in [0.25, 0.3) is 0 Å². The van der Waals surface area contributed by atoms with E-state index in [1.807, 2.05) is 0 Å². The molecule has 0 radical (unpaired) electrons. The second-order valence-corrected chi connectivity index (χ2v) is 5.53. The van der Waals surface area contributed by atoms with E-state index in [1.54, 1.807) is 0 Å². The number of piperazine rings is 1. The van der Waals surface area contributed by atoms with Gasteiger partial charge in [-0.25, -0.2) is 0 Å². The molecule has 1 N–H and O–H groups in total. The molecular weight excluding hydrogens is 184 g/mol. The van der Waals surface area contributed by atoms with Gasteiger partial charge in [0.05, 0.1) is 0 Å². The zero-order valence-electron chi connectivity index (χ0n) is 10.3. The summed E-state index contributed by atoms with van der Waals surface area (Å²) >= 11 is 0. The van der Waals surface area contributed by atoms with Crippen molar-refractivity contribution in [1.29, 1.82) is 0 Å². The predicted octanol–water partition coefficient (Wildman–Crippen LogP) is 2.25. The van der Waals surface area contributed by atoms with Crippen LogP contribution in [0.15, 0.2) is 0 Å². The molecule has 0 aromatic carbocycles. The molecule has 2 aliphatic rings. The fourth-order valence-corrected chi connectivity index (χ4v) is 3.24. The van der Waals surface area contributed by atoms with Crippen molar-refractivity contribution in [3.05, 3.63) is 0 Å². The first-order valence-electron chi connectivity index (χ1n) is 6.74. The molecule has 1 aliphatic carbocycles. The minimum absolute atomic E-state index is 0.732. The number of hydrogen-bond acceptors (Lipinski definition) is 2. The Balaban J connectivity index is 1.75. The van der Waals surface area contributed by atoms with Gasteiger partial charge in [0, 0.05) is 25.2 Å². The summed E-state index contributed by atoms with van der Waals surface area (Å²) in [5, 5.41) is 3.50. The van der Waals surface area contributed by atoms with Crippen LogP contribution in [0.5, 0.6) is 0 Å². The van der Waals surface area contributed by atoms with Gasteiger partial charge in [-0.2, -0.15) is 0 Å². The average molecular weight is 210 g/mol. The molecule has 2 heteroatoms. The molecule has 2 rings (SSSR count). The largest absolute Gasteiger partial charge is 0.314 e. The summed E-state index contributed by atoms with van der Waals surface area (Å²) in [5.74, 6) is 1.04. The Hall–Kier alpha value is -0.0800. The second-order valence-electron chi connectivity index (χ2n) is 5.53. The highest BCUT2D eigenvalue weighted by Gasteiger charge is 2.25. The second kappa shape index (κ2) is 5.31. The first kappa shape index (κ1) is 11.4. The van der Waals surface area contributed by atoms with Crippen molar-refractivity contribution in [1.82, 2.24) is 10.2 Å². The lowest BCUT2D eigenvalue weighted by Gasteiger charge is -2.39. The fourth-order valence-electron chi connectivity index (χ4n) is 3.24. The molecule has 2 fully saturated rings. The van der Waals surface area contributed by atoms with Gasteiger partial charge >= 0.3 is 0 Å². The molecule has 0 aromatic rings. The lowest BCUT2D eigenvalue weighted by atomic mass is 10.0. The topological polar surface area (TPSA) is 15.3 Å². The van der Waals surface area contributed by atoms with Crippen LogP contribution in [0.3, 0.4) is 0 Å². The molecule has 0 unspecified atom stereocenters. The Morgan fingerprint density at radius 2 is 1.67 bits per heavy atom. The lowest BCUT2D eigenvalue weighted by molar-refractivity contribution is 0.109. The zero-order valence-corrected chi connectivity index (χ0v) is 10.3. The minimum Gasteiger partial charge on any atom is -0.314 e. The van der Waals surface area contributed by atoms with Gasteiger partial charge in [-0.3, -0.25) is 4.90 Å². The Morgan fingerprint density at radius 3 is 2.27 bits per heavy atom. The Morgan fingerprint density at radius 1 is 1.07 bits per heavy atom. The van der Waals surface area contributed by atoms with Crippen LogP contribution in [0.25, 0.3) is 0 Å². The molecule has 1 heterocycles. The van der Waals surface area contributed by atoms with Gasteiger partial charge in [-0.15, -0.1) is 0 Å². The SMILES string of the molecule is C[C@@H]1CNC[C@H](C)N1CCC1CCCC1. The van der Waals surface area contributed by atoms with Crippen molar-refractivity contribution in [2.24, 2.45) is 5.92 Å². The zero-order chi connectivity index (χ0) is 10.7. The van der Waals surface area contributed by atoms with Crippen LogP contribution in [0, 0.1) is 5.92 Å². The quantitative estimate of drug-likeness (QED) is 0.768. The van der Waals surface area contributed by atoms with E-state index in [0.717, 1.165) is 18.0 Å². The molecule has 2 atom stereocenters. The number of nitrogens with one attached hydrogen (secondary N) is 1. The van der Waals surface area contributed by atoms with Crippen molar-refractivity contribution in [2.75, 3.05) is 19.6 Å². The number of hydrogen-bond donors (Lipinski definition) is 1. The van der Waals surface area contributed by atoms with Crippen molar-refractivity contribution >= 4 is 0 Å².